The number of piperidine rings is 1. The second-order valence-corrected chi connectivity index (χ2v) is 13.3. The van der Waals surface area contributed by atoms with Crippen molar-refractivity contribution in [3.63, 3.8) is 0 Å². The highest BCUT2D eigenvalue weighted by Crippen LogP contribution is 2.31. The van der Waals surface area contributed by atoms with Gasteiger partial charge in [-0.25, -0.2) is 16.8 Å². The first kappa shape index (κ1) is 29.7. The topological polar surface area (TPSA) is 122 Å². The number of rotatable bonds is 10. The van der Waals surface area contributed by atoms with Gasteiger partial charge in [-0.2, -0.15) is 4.31 Å². The number of benzene rings is 3. The van der Waals surface area contributed by atoms with Crippen molar-refractivity contribution in [3.05, 3.63) is 71.8 Å². The zero-order valence-corrected chi connectivity index (χ0v) is 24.4. The van der Waals surface area contributed by atoms with Crippen LogP contribution in [0.2, 0.25) is 5.02 Å². The lowest BCUT2D eigenvalue weighted by molar-refractivity contribution is -0.114. The fourth-order valence-electron chi connectivity index (χ4n) is 4.32. The van der Waals surface area contributed by atoms with Crippen LogP contribution in [0.25, 0.3) is 0 Å². The first-order valence-corrected chi connectivity index (χ1v) is 15.7. The minimum Gasteiger partial charge on any atom is -0.497 e. The third kappa shape index (κ3) is 6.52. The van der Waals surface area contributed by atoms with Gasteiger partial charge in [-0.15, -0.1) is 0 Å². The van der Waals surface area contributed by atoms with Gasteiger partial charge < -0.3 is 14.8 Å². The van der Waals surface area contributed by atoms with Crippen LogP contribution >= 0.6 is 11.6 Å². The van der Waals surface area contributed by atoms with Gasteiger partial charge in [0.05, 0.1) is 35.4 Å². The van der Waals surface area contributed by atoms with Gasteiger partial charge in [-0.1, -0.05) is 18.0 Å². The first-order chi connectivity index (χ1) is 19.1. The van der Waals surface area contributed by atoms with Crippen molar-refractivity contribution in [2.24, 2.45) is 0 Å². The first-order valence-electron chi connectivity index (χ1n) is 12.5. The molecule has 40 heavy (non-hydrogen) atoms. The summed E-state index contributed by atoms with van der Waals surface area (Å²) in [5.41, 5.74) is 0.312. The molecule has 1 heterocycles. The van der Waals surface area contributed by atoms with E-state index >= 15 is 0 Å². The fourth-order valence-corrected chi connectivity index (χ4v) is 7.41. The Morgan fingerprint density at radius 3 is 2.10 bits per heavy atom. The van der Waals surface area contributed by atoms with Gasteiger partial charge in [-0.05, 0) is 79.6 Å². The molecule has 0 unspecified atom stereocenters. The predicted octanol–water partition coefficient (Wildman–Crippen LogP) is 4.37. The molecule has 1 fully saturated rings. The average molecular weight is 608 g/mol. The van der Waals surface area contributed by atoms with Gasteiger partial charge in [0.1, 0.15) is 18.0 Å². The molecule has 10 nitrogen and oxygen atoms in total. The highest BCUT2D eigenvalue weighted by molar-refractivity contribution is 7.92. The lowest BCUT2D eigenvalue weighted by Crippen LogP contribution is -2.38. The molecule has 1 N–H and O–H groups in total. The number of nitrogens with one attached hydrogen (secondary N) is 1. The molecule has 0 bridgehead atoms. The highest BCUT2D eigenvalue weighted by atomic mass is 35.5. The molecule has 3 aromatic carbocycles. The summed E-state index contributed by atoms with van der Waals surface area (Å²) in [6.45, 7) is 0.243. The van der Waals surface area contributed by atoms with Crippen molar-refractivity contribution < 1.29 is 31.1 Å². The second-order valence-electron chi connectivity index (χ2n) is 9.04. The standard InChI is InChI=1S/C27H30ClN3O7S2/c1-37-22-10-12-23(13-11-22)40(35,36)31(21-8-6-20(28)7-9-21)19-27(32)29-25-18-24(14-15-26(25)38-2)39(33,34)30-16-4-3-5-17-30/h6-15,18H,3-5,16-17,19H2,1-2H3,(H,29,32). The number of sulfonamides is 2. The van der Waals surface area contributed by atoms with Crippen LogP contribution in [0.5, 0.6) is 11.5 Å². The van der Waals surface area contributed by atoms with Crippen LogP contribution in [0, 0.1) is 0 Å². The number of nitrogens with zero attached hydrogens (tertiary/aromatic N) is 2. The fraction of sp³-hybridized carbons (Fsp3) is 0.296. The highest BCUT2D eigenvalue weighted by Gasteiger charge is 2.29. The number of ether oxygens (including phenoxy) is 2. The Bertz CT molecular complexity index is 1560. The van der Waals surface area contributed by atoms with Gasteiger partial charge in [0.15, 0.2) is 0 Å². The number of carbonyl (C=O) groups excluding carboxylic acids is 1. The van der Waals surface area contributed by atoms with E-state index in [1.165, 1.54) is 85.3 Å². The molecule has 13 heteroatoms. The lowest BCUT2D eigenvalue weighted by Gasteiger charge is -2.26. The normalized spacial score (nSPS) is 14.4. The molecule has 1 aliphatic rings. The van der Waals surface area contributed by atoms with E-state index in [4.69, 9.17) is 21.1 Å². The van der Waals surface area contributed by atoms with Gasteiger partial charge in [0, 0.05) is 18.1 Å². The van der Waals surface area contributed by atoms with Crippen LogP contribution in [0.4, 0.5) is 11.4 Å². The van der Waals surface area contributed by atoms with Crippen molar-refractivity contribution in [1.82, 2.24) is 4.31 Å². The van der Waals surface area contributed by atoms with Gasteiger partial charge in [0.2, 0.25) is 15.9 Å². The molecule has 1 aliphatic heterocycles. The van der Waals surface area contributed by atoms with E-state index in [1.807, 2.05) is 0 Å². The molecule has 3 aromatic rings. The molecule has 1 amide bonds. The maximum Gasteiger partial charge on any atom is 0.264 e. The summed E-state index contributed by atoms with van der Waals surface area (Å²) >= 11 is 6.01. The molecule has 0 atom stereocenters. The molecule has 0 spiro atoms. The Hall–Kier alpha value is -3.32. The van der Waals surface area contributed by atoms with Crippen molar-refractivity contribution in [3.8, 4) is 11.5 Å². The lowest BCUT2D eigenvalue weighted by atomic mass is 10.2. The van der Waals surface area contributed by atoms with E-state index < -0.39 is 32.5 Å². The summed E-state index contributed by atoms with van der Waals surface area (Å²) in [5.74, 6) is -0.0129. The van der Waals surface area contributed by atoms with Crippen LogP contribution in [-0.4, -0.2) is 60.9 Å². The van der Waals surface area contributed by atoms with Crippen LogP contribution in [0.15, 0.2) is 76.5 Å². The zero-order valence-electron chi connectivity index (χ0n) is 22.0. The molecule has 0 aromatic heterocycles. The second kappa shape index (κ2) is 12.5. The average Bonchev–Trinajstić information content (AvgIpc) is 2.97. The van der Waals surface area contributed by atoms with Crippen LogP contribution in [0.1, 0.15) is 19.3 Å². The summed E-state index contributed by atoms with van der Waals surface area (Å²) < 4.78 is 66.6. The van der Waals surface area contributed by atoms with Crippen molar-refractivity contribution in [2.45, 2.75) is 29.1 Å². The molecule has 1 saturated heterocycles. The van der Waals surface area contributed by atoms with Gasteiger partial charge in [0.25, 0.3) is 10.0 Å². The van der Waals surface area contributed by atoms with Crippen LogP contribution < -0.4 is 19.1 Å². The number of methoxy groups -OCH3 is 2. The third-order valence-corrected chi connectivity index (χ3v) is 10.4. The number of amides is 1. The van der Waals surface area contributed by atoms with Crippen LogP contribution in [-0.2, 0) is 24.8 Å². The van der Waals surface area contributed by atoms with Gasteiger partial charge in [-0.3, -0.25) is 9.10 Å². The molecule has 0 radical (unpaired) electrons. The molecule has 0 aliphatic carbocycles. The Kier molecular flexibility index (Phi) is 9.24. The van der Waals surface area contributed by atoms with E-state index in [9.17, 15) is 21.6 Å². The van der Waals surface area contributed by atoms with E-state index in [1.54, 1.807) is 0 Å². The maximum atomic E-state index is 13.7. The van der Waals surface area contributed by atoms with Crippen molar-refractivity contribution >= 4 is 48.9 Å². The zero-order chi connectivity index (χ0) is 28.9. The summed E-state index contributed by atoms with van der Waals surface area (Å²) in [6, 6.07) is 16.0. The predicted molar refractivity (Wildman–Crippen MR) is 153 cm³/mol. The number of anilines is 2. The Morgan fingerprint density at radius 1 is 0.875 bits per heavy atom. The van der Waals surface area contributed by atoms with Gasteiger partial charge >= 0.3 is 0 Å². The largest absolute Gasteiger partial charge is 0.497 e. The summed E-state index contributed by atoms with van der Waals surface area (Å²) in [7, 11) is -5.13. The monoisotopic (exact) mass is 607 g/mol. The molecule has 0 saturated carbocycles. The smallest absolute Gasteiger partial charge is 0.264 e. The summed E-state index contributed by atoms with van der Waals surface area (Å²) in [6.07, 6.45) is 2.53. The summed E-state index contributed by atoms with van der Waals surface area (Å²) in [4.78, 5) is 13.2. The number of hydrogen-bond acceptors (Lipinski definition) is 7. The Labute approximate surface area is 239 Å². The van der Waals surface area contributed by atoms with E-state index in [-0.39, 0.29) is 26.9 Å². The number of halogens is 1. The SMILES string of the molecule is COc1ccc(S(=O)(=O)N(CC(=O)Nc2cc(S(=O)(=O)N3CCCCC3)ccc2OC)c2ccc(Cl)cc2)cc1. The van der Waals surface area contributed by atoms with E-state index in [0.717, 1.165) is 23.6 Å². The molecular formula is C27H30ClN3O7S2. The number of carbonyl (C=O) groups is 1. The molecular weight excluding hydrogens is 578 g/mol. The minimum atomic E-state index is -4.20. The van der Waals surface area contributed by atoms with E-state index in [2.05, 4.69) is 5.32 Å². The third-order valence-electron chi connectivity index (χ3n) is 6.45. The van der Waals surface area contributed by atoms with E-state index in [0.29, 0.717) is 23.9 Å². The molecule has 214 valence electrons. The van der Waals surface area contributed by atoms with Crippen molar-refractivity contribution in [2.75, 3.05) is 43.5 Å². The molecule has 4 rings (SSSR count). The Morgan fingerprint density at radius 2 is 1.50 bits per heavy atom. The van der Waals surface area contributed by atoms with Crippen molar-refractivity contribution in [1.29, 1.82) is 0 Å². The Balaban J connectivity index is 1.64. The van der Waals surface area contributed by atoms with Crippen LogP contribution in [0.3, 0.4) is 0 Å². The summed E-state index contributed by atoms with van der Waals surface area (Å²) in [5, 5.41) is 3.03. The maximum absolute atomic E-state index is 13.7. The minimum absolute atomic E-state index is 0.00547. The number of hydrogen-bond donors (Lipinski definition) is 1. The quantitative estimate of drug-likeness (QED) is 0.363.